The average Bonchev–Trinajstić information content (AvgIpc) is 2.16. The van der Waals surface area contributed by atoms with Gasteiger partial charge in [0.25, 0.3) is 0 Å². The van der Waals surface area contributed by atoms with Crippen LogP contribution in [0.2, 0.25) is 0 Å². The number of halogens is 1. The fourth-order valence-electron chi connectivity index (χ4n) is 1.38. The second-order valence-corrected chi connectivity index (χ2v) is 5.36. The van der Waals surface area contributed by atoms with Crippen LogP contribution in [0, 0.1) is 5.92 Å². The van der Waals surface area contributed by atoms with Crippen LogP contribution in [0.15, 0.2) is 22.7 Å². The highest BCUT2D eigenvalue weighted by Crippen LogP contribution is 2.26. The molecule has 0 bridgehead atoms. The van der Waals surface area contributed by atoms with E-state index in [1.807, 2.05) is 25.1 Å². The van der Waals surface area contributed by atoms with E-state index in [-0.39, 0.29) is 6.04 Å². The molecular weight excluding hydrogens is 266 g/mol. The number of benzene rings is 1. The minimum Gasteiger partial charge on any atom is -0.494 e. The van der Waals surface area contributed by atoms with Gasteiger partial charge in [0.15, 0.2) is 0 Å². The maximum absolute atomic E-state index is 5.83. The van der Waals surface area contributed by atoms with Crippen molar-refractivity contribution in [1.29, 1.82) is 0 Å². The Labute approximate surface area is 106 Å². The number of hydrogen-bond acceptors (Lipinski definition) is 2. The molecule has 3 heteroatoms. The number of ether oxygens (including phenoxy) is 1. The monoisotopic (exact) mass is 285 g/mol. The molecule has 90 valence electrons. The normalized spacial score (nSPS) is 12.9. The minimum atomic E-state index is 0.0408. The van der Waals surface area contributed by atoms with Crippen molar-refractivity contribution >= 4 is 15.9 Å². The van der Waals surface area contributed by atoms with E-state index in [0.717, 1.165) is 28.8 Å². The van der Waals surface area contributed by atoms with Crippen molar-refractivity contribution in [3.63, 3.8) is 0 Å². The quantitative estimate of drug-likeness (QED) is 0.891. The molecule has 0 unspecified atom stereocenters. The van der Waals surface area contributed by atoms with Crippen LogP contribution in [-0.2, 0) is 0 Å². The maximum atomic E-state index is 5.83. The van der Waals surface area contributed by atoms with Crippen LogP contribution in [0.3, 0.4) is 0 Å². The summed E-state index contributed by atoms with van der Waals surface area (Å²) in [6.45, 7) is 7.12. The Hall–Kier alpha value is -0.540. The standard InChI is InChI=1S/C13H20BrNO/c1-9(2)6-7-16-11-4-5-12(10(3)15)13(14)8-11/h4-5,8-10H,6-7,15H2,1-3H3/t10-/m0/s1. The zero-order valence-electron chi connectivity index (χ0n) is 10.2. The summed E-state index contributed by atoms with van der Waals surface area (Å²) in [5, 5.41) is 0. The highest BCUT2D eigenvalue weighted by molar-refractivity contribution is 9.10. The molecule has 16 heavy (non-hydrogen) atoms. The smallest absolute Gasteiger partial charge is 0.120 e. The summed E-state index contributed by atoms with van der Waals surface area (Å²) in [6.07, 6.45) is 1.08. The maximum Gasteiger partial charge on any atom is 0.120 e. The first-order valence-electron chi connectivity index (χ1n) is 5.68. The molecule has 1 aromatic carbocycles. The molecule has 2 N–H and O–H groups in total. The number of nitrogens with two attached hydrogens (primary N) is 1. The van der Waals surface area contributed by atoms with Crippen molar-refractivity contribution in [3.05, 3.63) is 28.2 Å². The summed E-state index contributed by atoms with van der Waals surface area (Å²) in [6, 6.07) is 6.02. The molecule has 2 nitrogen and oxygen atoms in total. The lowest BCUT2D eigenvalue weighted by Crippen LogP contribution is -2.06. The lowest BCUT2D eigenvalue weighted by Gasteiger charge is -2.12. The van der Waals surface area contributed by atoms with Gasteiger partial charge >= 0.3 is 0 Å². The first-order chi connectivity index (χ1) is 7.50. The molecule has 0 spiro atoms. The first kappa shape index (κ1) is 13.5. The second kappa shape index (κ2) is 6.26. The van der Waals surface area contributed by atoms with Gasteiger partial charge in [-0.2, -0.15) is 0 Å². The third kappa shape index (κ3) is 4.14. The van der Waals surface area contributed by atoms with E-state index in [2.05, 4.69) is 29.8 Å². The van der Waals surface area contributed by atoms with Gasteiger partial charge in [0.05, 0.1) is 6.61 Å². The molecule has 0 aliphatic carbocycles. The summed E-state index contributed by atoms with van der Waals surface area (Å²) in [5.41, 5.74) is 6.94. The van der Waals surface area contributed by atoms with Crippen molar-refractivity contribution in [3.8, 4) is 5.75 Å². The van der Waals surface area contributed by atoms with Gasteiger partial charge < -0.3 is 10.5 Å². The Kier molecular flexibility index (Phi) is 5.29. The van der Waals surface area contributed by atoms with Crippen LogP contribution >= 0.6 is 15.9 Å². The lowest BCUT2D eigenvalue weighted by atomic mass is 10.1. The molecule has 0 aliphatic heterocycles. The molecular formula is C13H20BrNO. The number of rotatable bonds is 5. The van der Waals surface area contributed by atoms with E-state index in [1.165, 1.54) is 0 Å². The molecule has 0 fully saturated rings. The van der Waals surface area contributed by atoms with E-state index >= 15 is 0 Å². The van der Waals surface area contributed by atoms with Gasteiger partial charge in [-0.25, -0.2) is 0 Å². The van der Waals surface area contributed by atoms with Gasteiger partial charge in [0.2, 0.25) is 0 Å². The third-order valence-corrected chi connectivity index (χ3v) is 3.11. The Balaban J connectivity index is 2.59. The van der Waals surface area contributed by atoms with Crippen LogP contribution in [0.1, 0.15) is 38.8 Å². The predicted molar refractivity (Wildman–Crippen MR) is 71.7 cm³/mol. The molecule has 0 radical (unpaired) electrons. The summed E-state index contributed by atoms with van der Waals surface area (Å²) < 4.78 is 6.68. The Morgan fingerprint density at radius 3 is 2.50 bits per heavy atom. The van der Waals surface area contributed by atoms with Crippen molar-refractivity contribution in [1.82, 2.24) is 0 Å². The van der Waals surface area contributed by atoms with E-state index in [0.29, 0.717) is 5.92 Å². The van der Waals surface area contributed by atoms with Crippen molar-refractivity contribution in [2.45, 2.75) is 33.2 Å². The zero-order chi connectivity index (χ0) is 12.1. The van der Waals surface area contributed by atoms with Crippen LogP contribution in [0.4, 0.5) is 0 Å². The molecule has 0 heterocycles. The molecule has 0 aromatic heterocycles. The Morgan fingerprint density at radius 2 is 2.00 bits per heavy atom. The zero-order valence-corrected chi connectivity index (χ0v) is 11.8. The first-order valence-corrected chi connectivity index (χ1v) is 6.48. The molecule has 1 aromatic rings. The fourth-order valence-corrected chi connectivity index (χ4v) is 2.10. The van der Waals surface area contributed by atoms with Crippen molar-refractivity contribution < 1.29 is 4.74 Å². The summed E-state index contributed by atoms with van der Waals surface area (Å²) in [5.74, 6) is 1.57. The van der Waals surface area contributed by atoms with Gasteiger partial charge in [0.1, 0.15) is 5.75 Å². The predicted octanol–water partition coefficient (Wildman–Crippen LogP) is 3.89. The minimum absolute atomic E-state index is 0.0408. The van der Waals surface area contributed by atoms with Gasteiger partial charge in [0, 0.05) is 10.5 Å². The van der Waals surface area contributed by atoms with E-state index in [4.69, 9.17) is 10.5 Å². The molecule has 1 atom stereocenters. The van der Waals surface area contributed by atoms with Crippen LogP contribution in [-0.4, -0.2) is 6.61 Å². The van der Waals surface area contributed by atoms with Crippen LogP contribution < -0.4 is 10.5 Å². The molecule has 0 amide bonds. The highest BCUT2D eigenvalue weighted by Gasteiger charge is 2.06. The largest absolute Gasteiger partial charge is 0.494 e. The SMILES string of the molecule is CC(C)CCOc1ccc([C@H](C)N)c(Br)c1. The lowest BCUT2D eigenvalue weighted by molar-refractivity contribution is 0.289. The fraction of sp³-hybridized carbons (Fsp3) is 0.538. The van der Waals surface area contributed by atoms with E-state index < -0.39 is 0 Å². The number of hydrogen-bond donors (Lipinski definition) is 1. The molecule has 0 saturated carbocycles. The van der Waals surface area contributed by atoms with Crippen molar-refractivity contribution in [2.24, 2.45) is 11.7 Å². The van der Waals surface area contributed by atoms with E-state index in [1.54, 1.807) is 0 Å². The summed E-state index contributed by atoms with van der Waals surface area (Å²) in [4.78, 5) is 0. The van der Waals surface area contributed by atoms with Gasteiger partial charge in [-0.05, 0) is 37.0 Å². The highest BCUT2D eigenvalue weighted by atomic mass is 79.9. The summed E-state index contributed by atoms with van der Waals surface area (Å²) >= 11 is 3.51. The van der Waals surface area contributed by atoms with Crippen LogP contribution in [0.25, 0.3) is 0 Å². The second-order valence-electron chi connectivity index (χ2n) is 4.50. The third-order valence-electron chi connectivity index (χ3n) is 2.43. The Morgan fingerprint density at radius 1 is 1.31 bits per heavy atom. The van der Waals surface area contributed by atoms with Crippen molar-refractivity contribution in [2.75, 3.05) is 6.61 Å². The van der Waals surface area contributed by atoms with Gasteiger partial charge in [-0.3, -0.25) is 0 Å². The van der Waals surface area contributed by atoms with Gasteiger partial charge in [-0.15, -0.1) is 0 Å². The average molecular weight is 286 g/mol. The summed E-state index contributed by atoms with van der Waals surface area (Å²) in [7, 11) is 0. The topological polar surface area (TPSA) is 35.2 Å². The van der Waals surface area contributed by atoms with Crippen LogP contribution in [0.5, 0.6) is 5.75 Å². The molecule has 0 aliphatic rings. The van der Waals surface area contributed by atoms with E-state index in [9.17, 15) is 0 Å². The Bertz CT molecular complexity index is 337. The van der Waals surface area contributed by atoms with Gasteiger partial charge in [-0.1, -0.05) is 35.8 Å². The molecule has 0 saturated heterocycles. The molecule has 1 rings (SSSR count).